The minimum atomic E-state index is 0.313. The molecule has 8 nitrogen and oxygen atoms in total. The summed E-state index contributed by atoms with van der Waals surface area (Å²) in [7, 11) is 0. The highest BCUT2D eigenvalue weighted by Crippen LogP contribution is 1.85. The lowest BCUT2D eigenvalue weighted by Gasteiger charge is -2.08. The van der Waals surface area contributed by atoms with Gasteiger partial charge < -0.3 is 37.9 Å². The van der Waals surface area contributed by atoms with E-state index in [0.29, 0.717) is 106 Å². The van der Waals surface area contributed by atoms with Gasteiger partial charge in [-0.3, -0.25) is 0 Å². The third-order valence-electron chi connectivity index (χ3n) is 2.97. The van der Waals surface area contributed by atoms with E-state index >= 15 is 0 Å². The molecule has 0 spiro atoms. The largest absolute Gasteiger partial charge is 0.377 e. The second-order valence-electron chi connectivity index (χ2n) is 5.19. The Morgan fingerprint density at radius 2 is 0.500 bits per heavy atom. The molecule has 0 fully saturated rings. The summed E-state index contributed by atoms with van der Waals surface area (Å²) < 4.78 is 42.3. The summed E-state index contributed by atoms with van der Waals surface area (Å²) >= 11 is 0. The van der Waals surface area contributed by atoms with Crippen molar-refractivity contribution in [1.82, 2.24) is 0 Å². The fourth-order valence-corrected chi connectivity index (χ4v) is 1.70. The molecule has 28 heavy (non-hydrogen) atoms. The Morgan fingerprint density at radius 1 is 0.321 bits per heavy atom. The van der Waals surface area contributed by atoms with Crippen molar-refractivity contribution in [1.29, 1.82) is 0 Å². The minimum absolute atomic E-state index is 0.313. The van der Waals surface area contributed by atoms with Crippen molar-refractivity contribution in [3.8, 4) is 24.7 Å². The van der Waals surface area contributed by atoms with Gasteiger partial charge in [0.1, 0.15) is 13.2 Å². The Bertz CT molecular complexity index is 341. The van der Waals surface area contributed by atoms with Crippen molar-refractivity contribution in [3.63, 3.8) is 0 Å². The molecule has 0 radical (unpaired) electrons. The fraction of sp³-hybridized carbons (Fsp3) is 0.800. The average Bonchev–Trinajstić information content (AvgIpc) is 2.71. The number of hydrogen-bond acceptors (Lipinski definition) is 8. The molecule has 0 unspecified atom stereocenters. The molecule has 0 saturated heterocycles. The molecule has 0 amide bonds. The predicted molar refractivity (Wildman–Crippen MR) is 104 cm³/mol. The van der Waals surface area contributed by atoms with Gasteiger partial charge in [0.15, 0.2) is 0 Å². The standard InChI is InChI=1S/C20H34O8/c1-3-5-21-7-9-23-11-13-25-15-17-27-19-20-28-18-16-26-14-12-24-10-8-22-6-4-2/h1-2H,5-20H2. The summed E-state index contributed by atoms with van der Waals surface area (Å²) in [5.74, 6) is 4.78. The molecule has 0 bridgehead atoms. The van der Waals surface area contributed by atoms with Crippen LogP contribution in [0.1, 0.15) is 0 Å². The highest BCUT2D eigenvalue weighted by Gasteiger charge is 1.94. The number of rotatable bonds is 23. The molecule has 0 aliphatic rings. The van der Waals surface area contributed by atoms with Crippen LogP contribution in [0.15, 0.2) is 0 Å². The second-order valence-corrected chi connectivity index (χ2v) is 5.19. The van der Waals surface area contributed by atoms with Gasteiger partial charge in [-0.05, 0) is 0 Å². The molecule has 0 rings (SSSR count). The van der Waals surface area contributed by atoms with Crippen molar-refractivity contribution in [2.24, 2.45) is 0 Å². The van der Waals surface area contributed by atoms with Crippen LogP contribution in [0.3, 0.4) is 0 Å². The van der Waals surface area contributed by atoms with E-state index in [1.165, 1.54) is 0 Å². The van der Waals surface area contributed by atoms with Gasteiger partial charge in [-0.15, -0.1) is 12.8 Å². The smallest absolute Gasteiger partial charge is 0.107 e. The van der Waals surface area contributed by atoms with Crippen molar-refractivity contribution in [2.75, 3.05) is 106 Å². The Balaban J connectivity index is 2.98. The average molecular weight is 402 g/mol. The van der Waals surface area contributed by atoms with Crippen LogP contribution in [0.4, 0.5) is 0 Å². The van der Waals surface area contributed by atoms with Crippen LogP contribution in [-0.4, -0.2) is 106 Å². The van der Waals surface area contributed by atoms with Crippen molar-refractivity contribution >= 4 is 0 Å². The first-order valence-electron chi connectivity index (χ1n) is 9.40. The maximum atomic E-state index is 5.39. The first kappa shape index (κ1) is 26.8. The van der Waals surface area contributed by atoms with Gasteiger partial charge in [-0.2, -0.15) is 0 Å². The zero-order chi connectivity index (χ0) is 20.4. The normalized spacial score (nSPS) is 10.6. The van der Waals surface area contributed by atoms with Gasteiger partial charge in [-0.1, -0.05) is 11.8 Å². The lowest BCUT2D eigenvalue weighted by Crippen LogP contribution is -2.15. The van der Waals surface area contributed by atoms with Crippen molar-refractivity contribution in [2.45, 2.75) is 0 Å². The fourth-order valence-electron chi connectivity index (χ4n) is 1.70. The summed E-state index contributed by atoms with van der Waals surface area (Å²) in [6.45, 7) is 7.85. The van der Waals surface area contributed by atoms with Gasteiger partial charge in [0.2, 0.25) is 0 Å². The summed E-state index contributed by atoms with van der Waals surface area (Å²) in [5.41, 5.74) is 0. The molecule has 0 aliphatic heterocycles. The third-order valence-corrected chi connectivity index (χ3v) is 2.97. The van der Waals surface area contributed by atoms with Gasteiger partial charge in [-0.25, -0.2) is 0 Å². The van der Waals surface area contributed by atoms with E-state index in [2.05, 4.69) is 11.8 Å². The monoisotopic (exact) mass is 402 g/mol. The lowest BCUT2D eigenvalue weighted by molar-refractivity contribution is -0.0219. The SMILES string of the molecule is C#CCOCCOCCOCCOCCOCCOCCOCCOCC#C. The van der Waals surface area contributed by atoms with Gasteiger partial charge in [0.25, 0.3) is 0 Å². The summed E-state index contributed by atoms with van der Waals surface area (Å²) in [4.78, 5) is 0. The summed E-state index contributed by atoms with van der Waals surface area (Å²) in [6.07, 6.45) is 10.1. The molecular weight excluding hydrogens is 368 g/mol. The Morgan fingerprint density at radius 3 is 0.679 bits per heavy atom. The molecule has 0 saturated carbocycles. The van der Waals surface area contributed by atoms with Crippen LogP contribution in [-0.2, 0) is 37.9 Å². The van der Waals surface area contributed by atoms with E-state index in [1.54, 1.807) is 0 Å². The molecule has 0 heterocycles. The molecule has 0 aliphatic carbocycles. The predicted octanol–water partition coefficient (Wildman–Crippen LogP) is 0.386. The highest BCUT2D eigenvalue weighted by molar-refractivity contribution is 4.83. The van der Waals surface area contributed by atoms with Crippen molar-refractivity contribution < 1.29 is 37.9 Å². The highest BCUT2D eigenvalue weighted by atomic mass is 16.6. The molecular formula is C20H34O8. The van der Waals surface area contributed by atoms with Crippen molar-refractivity contribution in [3.05, 3.63) is 0 Å². The quantitative estimate of drug-likeness (QED) is 0.179. The molecule has 0 N–H and O–H groups in total. The van der Waals surface area contributed by atoms with Crippen LogP contribution in [0.25, 0.3) is 0 Å². The summed E-state index contributed by atoms with van der Waals surface area (Å²) in [6, 6.07) is 0. The molecule has 162 valence electrons. The van der Waals surface area contributed by atoms with E-state index in [4.69, 9.17) is 50.7 Å². The Hall–Kier alpha value is -1.20. The Kier molecular flexibility index (Phi) is 24.7. The van der Waals surface area contributed by atoms with Crippen LogP contribution >= 0.6 is 0 Å². The van der Waals surface area contributed by atoms with Gasteiger partial charge in [0, 0.05) is 0 Å². The number of ether oxygens (including phenoxy) is 8. The number of terminal acetylenes is 2. The number of hydrogen-bond donors (Lipinski definition) is 0. The van der Waals surface area contributed by atoms with E-state index in [1.807, 2.05) is 0 Å². The molecule has 0 aromatic rings. The van der Waals surface area contributed by atoms with Crippen LogP contribution in [0.5, 0.6) is 0 Å². The zero-order valence-corrected chi connectivity index (χ0v) is 16.7. The van der Waals surface area contributed by atoms with E-state index in [-0.39, 0.29) is 0 Å². The van der Waals surface area contributed by atoms with Crippen LogP contribution in [0.2, 0.25) is 0 Å². The minimum Gasteiger partial charge on any atom is -0.377 e. The maximum absolute atomic E-state index is 5.39. The lowest BCUT2D eigenvalue weighted by atomic mass is 10.6. The first-order valence-corrected chi connectivity index (χ1v) is 9.40. The van der Waals surface area contributed by atoms with Gasteiger partial charge in [0.05, 0.1) is 92.5 Å². The zero-order valence-electron chi connectivity index (χ0n) is 16.7. The maximum Gasteiger partial charge on any atom is 0.107 e. The van der Waals surface area contributed by atoms with Crippen LogP contribution < -0.4 is 0 Å². The Labute approximate surface area is 169 Å². The third kappa shape index (κ3) is 24.8. The van der Waals surface area contributed by atoms with E-state index < -0.39 is 0 Å². The van der Waals surface area contributed by atoms with Crippen LogP contribution in [0, 0.1) is 24.7 Å². The molecule has 0 aromatic heterocycles. The molecule has 0 aromatic carbocycles. The topological polar surface area (TPSA) is 73.8 Å². The van der Waals surface area contributed by atoms with E-state index in [9.17, 15) is 0 Å². The summed E-state index contributed by atoms with van der Waals surface area (Å²) in [5, 5.41) is 0. The molecule has 0 atom stereocenters. The van der Waals surface area contributed by atoms with Gasteiger partial charge >= 0.3 is 0 Å². The van der Waals surface area contributed by atoms with E-state index in [0.717, 1.165) is 0 Å². The second kappa shape index (κ2) is 25.8. The first-order chi connectivity index (χ1) is 13.9. The molecule has 8 heteroatoms.